The van der Waals surface area contributed by atoms with Crippen LogP contribution >= 0.6 is 0 Å². The third kappa shape index (κ3) is 3.48. The molecule has 1 aliphatic rings. The lowest BCUT2D eigenvalue weighted by Crippen LogP contribution is -2.49. The summed E-state index contributed by atoms with van der Waals surface area (Å²) >= 11 is 0. The first-order valence-corrected chi connectivity index (χ1v) is 6.39. The van der Waals surface area contributed by atoms with Crippen LogP contribution in [0.15, 0.2) is 0 Å². The predicted octanol–water partition coefficient (Wildman–Crippen LogP) is 1.88. The Hall–Kier alpha value is -0.570. The highest BCUT2D eigenvalue weighted by Crippen LogP contribution is 2.28. The molecule has 0 bridgehead atoms. The summed E-state index contributed by atoms with van der Waals surface area (Å²) < 4.78 is 0. The monoisotopic (exact) mass is 226 g/mol. The van der Waals surface area contributed by atoms with Crippen LogP contribution in [-0.4, -0.2) is 37.0 Å². The fraction of sp³-hybridized carbons (Fsp3) is 0.923. The van der Waals surface area contributed by atoms with Gasteiger partial charge in [0.25, 0.3) is 0 Å². The molecule has 0 spiro atoms. The Morgan fingerprint density at radius 2 is 1.94 bits per heavy atom. The molecule has 1 N–H and O–H groups in total. The van der Waals surface area contributed by atoms with Gasteiger partial charge in [-0.05, 0) is 38.0 Å². The molecule has 0 radical (unpaired) electrons. The molecule has 1 aliphatic carbocycles. The molecule has 3 heteroatoms. The molecule has 0 saturated heterocycles. The van der Waals surface area contributed by atoms with Gasteiger partial charge < -0.3 is 10.2 Å². The number of nitrogens with one attached hydrogen (secondary N) is 1. The van der Waals surface area contributed by atoms with Gasteiger partial charge in [-0.15, -0.1) is 0 Å². The number of carbonyl (C=O) groups excluding carboxylic acids is 1. The molecule has 3 nitrogen and oxygen atoms in total. The van der Waals surface area contributed by atoms with Crippen LogP contribution in [0, 0.1) is 11.8 Å². The lowest BCUT2D eigenvalue weighted by molar-refractivity contribution is -0.130. The third-order valence-electron chi connectivity index (χ3n) is 3.71. The van der Waals surface area contributed by atoms with Gasteiger partial charge >= 0.3 is 0 Å². The van der Waals surface area contributed by atoms with Crippen molar-refractivity contribution in [2.24, 2.45) is 11.8 Å². The van der Waals surface area contributed by atoms with E-state index < -0.39 is 0 Å². The fourth-order valence-electron chi connectivity index (χ4n) is 2.69. The number of hydrogen-bond acceptors (Lipinski definition) is 2. The topological polar surface area (TPSA) is 32.3 Å². The van der Waals surface area contributed by atoms with Gasteiger partial charge in [0.2, 0.25) is 5.91 Å². The Morgan fingerprint density at radius 1 is 1.31 bits per heavy atom. The molecule has 16 heavy (non-hydrogen) atoms. The molecule has 0 aromatic heterocycles. The quantitative estimate of drug-likeness (QED) is 0.797. The summed E-state index contributed by atoms with van der Waals surface area (Å²) in [5.74, 6) is 1.69. The summed E-state index contributed by atoms with van der Waals surface area (Å²) in [6, 6.07) is 0.450. The lowest BCUT2D eigenvalue weighted by Gasteiger charge is -2.35. The summed E-state index contributed by atoms with van der Waals surface area (Å²) in [6.07, 6.45) is 3.76. The van der Waals surface area contributed by atoms with Crippen LogP contribution in [0.4, 0.5) is 0 Å². The maximum Gasteiger partial charge on any atom is 0.238 e. The van der Waals surface area contributed by atoms with Crippen LogP contribution in [-0.2, 0) is 4.79 Å². The Balaban J connectivity index is 2.45. The van der Waals surface area contributed by atoms with Crippen LogP contribution in [0.3, 0.4) is 0 Å². The Labute approximate surface area is 99.6 Å². The zero-order valence-electron chi connectivity index (χ0n) is 11.3. The summed E-state index contributed by atoms with van der Waals surface area (Å²) in [5, 5.41) is 3.48. The van der Waals surface area contributed by atoms with E-state index in [1.807, 2.05) is 21.0 Å². The molecule has 0 heterocycles. The van der Waals surface area contributed by atoms with Gasteiger partial charge in [-0.1, -0.05) is 13.8 Å². The minimum Gasteiger partial charge on any atom is -0.347 e. The van der Waals surface area contributed by atoms with Crippen molar-refractivity contribution in [2.45, 2.75) is 52.1 Å². The molecular weight excluding hydrogens is 200 g/mol. The van der Waals surface area contributed by atoms with Crippen LogP contribution < -0.4 is 5.32 Å². The van der Waals surface area contributed by atoms with Gasteiger partial charge in [0.1, 0.15) is 0 Å². The van der Waals surface area contributed by atoms with Gasteiger partial charge in [-0.2, -0.15) is 0 Å². The van der Waals surface area contributed by atoms with Crippen molar-refractivity contribution in [3.8, 4) is 0 Å². The average Bonchev–Trinajstić information content (AvgIpc) is 2.20. The van der Waals surface area contributed by atoms with Crippen LogP contribution in [0.1, 0.15) is 40.0 Å². The van der Waals surface area contributed by atoms with E-state index in [-0.39, 0.29) is 11.9 Å². The highest BCUT2D eigenvalue weighted by atomic mass is 16.2. The average molecular weight is 226 g/mol. The van der Waals surface area contributed by atoms with Crippen molar-refractivity contribution in [2.75, 3.05) is 14.1 Å². The van der Waals surface area contributed by atoms with Crippen molar-refractivity contribution < 1.29 is 4.79 Å². The first-order chi connectivity index (χ1) is 7.41. The minimum atomic E-state index is -0.0594. The van der Waals surface area contributed by atoms with Gasteiger partial charge in [0, 0.05) is 20.1 Å². The number of likely N-dealkylation sites (N-methyl/N-ethyl adjacent to an activating group) is 1. The normalized spacial score (nSPS) is 32.2. The molecular formula is C13H26N2O. The largest absolute Gasteiger partial charge is 0.347 e. The zero-order chi connectivity index (χ0) is 12.3. The van der Waals surface area contributed by atoms with E-state index in [4.69, 9.17) is 0 Å². The number of amides is 1. The number of carbonyl (C=O) groups is 1. The Morgan fingerprint density at radius 3 is 2.44 bits per heavy atom. The van der Waals surface area contributed by atoms with E-state index in [9.17, 15) is 4.79 Å². The van der Waals surface area contributed by atoms with E-state index >= 15 is 0 Å². The second-order valence-corrected chi connectivity index (χ2v) is 5.62. The molecule has 1 saturated carbocycles. The van der Waals surface area contributed by atoms with Crippen LogP contribution in [0.5, 0.6) is 0 Å². The second-order valence-electron chi connectivity index (χ2n) is 5.62. The molecule has 4 atom stereocenters. The second kappa shape index (κ2) is 5.67. The standard InChI is InChI=1S/C13H26N2O/c1-9-6-7-12(10(2)8-9)14-11(3)13(16)15(4)5/h9-12,14H,6-8H2,1-5H3/t9?,10?,11-,12?/m1/s1. The zero-order valence-corrected chi connectivity index (χ0v) is 11.3. The molecule has 1 rings (SSSR count). The van der Waals surface area contributed by atoms with Crippen molar-refractivity contribution in [1.82, 2.24) is 10.2 Å². The van der Waals surface area contributed by atoms with Crippen molar-refractivity contribution in [3.05, 3.63) is 0 Å². The number of hydrogen-bond donors (Lipinski definition) is 1. The Bertz CT molecular complexity index is 240. The molecule has 3 unspecified atom stereocenters. The van der Waals surface area contributed by atoms with Gasteiger partial charge in [-0.3, -0.25) is 4.79 Å². The smallest absolute Gasteiger partial charge is 0.238 e. The maximum atomic E-state index is 11.8. The fourth-order valence-corrected chi connectivity index (χ4v) is 2.69. The molecule has 0 aliphatic heterocycles. The van der Waals surface area contributed by atoms with E-state index in [1.165, 1.54) is 19.3 Å². The minimum absolute atomic E-state index is 0.0594. The summed E-state index contributed by atoms with van der Waals surface area (Å²) in [7, 11) is 3.62. The highest BCUT2D eigenvalue weighted by Gasteiger charge is 2.27. The molecule has 0 aromatic carbocycles. The van der Waals surface area contributed by atoms with Crippen LogP contribution in [0.2, 0.25) is 0 Å². The summed E-state index contributed by atoms with van der Waals surface area (Å²) in [5.41, 5.74) is 0. The van der Waals surface area contributed by atoms with Crippen molar-refractivity contribution in [3.63, 3.8) is 0 Å². The number of rotatable bonds is 3. The highest BCUT2D eigenvalue weighted by molar-refractivity contribution is 5.80. The van der Waals surface area contributed by atoms with Crippen molar-refractivity contribution in [1.29, 1.82) is 0 Å². The number of nitrogens with zero attached hydrogens (tertiary/aromatic N) is 1. The summed E-state index contributed by atoms with van der Waals surface area (Å²) in [4.78, 5) is 13.4. The molecule has 0 aromatic rings. The maximum absolute atomic E-state index is 11.8. The third-order valence-corrected chi connectivity index (χ3v) is 3.71. The lowest BCUT2D eigenvalue weighted by atomic mass is 9.79. The Kier molecular flexibility index (Phi) is 4.78. The van der Waals surface area contributed by atoms with E-state index in [0.717, 1.165) is 5.92 Å². The molecule has 94 valence electrons. The van der Waals surface area contributed by atoms with Crippen LogP contribution in [0.25, 0.3) is 0 Å². The van der Waals surface area contributed by atoms with E-state index in [0.29, 0.717) is 12.0 Å². The van der Waals surface area contributed by atoms with E-state index in [2.05, 4.69) is 19.2 Å². The molecule has 1 amide bonds. The van der Waals surface area contributed by atoms with E-state index in [1.54, 1.807) is 4.90 Å². The van der Waals surface area contributed by atoms with Gasteiger partial charge in [0.15, 0.2) is 0 Å². The van der Waals surface area contributed by atoms with Gasteiger partial charge in [0.05, 0.1) is 6.04 Å². The SMILES string of the molecule is CC1CCC(N[C@H](C)C(=O)N(C)C)C(C)C1. The van der Waals surface area contributed by atoms with Gasteiger partial charge in [-0.25, -0.2) is 0 Å². The first kappa shape index (κ1) is 13.5. The predicted molar refractivity (Wildman–Crippen MR) is 67.3 cm³/mol. The van der Waals surface area contributed by atoms with Crippen molar-refractivity contribution >= 4 is 5.91 Å². The summed E-state index contributed by atoms with van der Waals surface area (Å²) in [6.45, 7) is 6.58. The molecule has 1 fully saturated rings. The first-order valence-electron chi connectivity index (χ1n) is 6.39.